The van der Waals surface area contributed by atoms with E-state index >= 15 is 0 Å². The minimum absolute atomic E-state index is 0.472. The summed E-state index contributed by atoms with van der Waals surface area (Å²) in [5, 5.41) is 10.6. The van der Waals surface area contributed by atoms with Gasteiger partial charge < -0.3 is 9.84 Å². The van der Waals surface area contributed by atoms with Gasteiger partial charge >= 0.3 is 0 Å². The molecule has 0 aliphatic heterocycles. The Bertz CT molecular complexity index is 339. The number of aryl methyl sites for hydroxylation is 2. The maximum absolute atomic E-state index is 10.6. The fourth-order valence-electron chi connectivity index (χ4n) is 2.51. The molecule has 1 atom stereocenters. The largest absolute Gasteiger partial charge is 0.385 e. The van der Waals surface area contributed by atoms with Crippen LogP contribution in [0, 0.1) is 13.8 Å². The zero-order valence-electron chi connectivity index (χ0n) is 11.6. The van der Waals surface area contributed by atoms with Crippen molar-refractivity contribution in [2.75, 3.05) is 7.11 Å². The summed E-state index contributed by atoms with van der Waals surface area (Å²) < 4.78 is 5.58. The quantitative estimate of drug-likeness (QED) is 0.847. The molecule has 0 heterocycles. The van der Waals surface area contributed by atoms with Crippen molar-refractivity contribution in [3.05, 3.63) is 34.9 Å². The minimum atomic E-state index is -0.568. The van der Waals surface area contributed by atoms with E-state index in [0.717, 1.165) is 18.4 Å². The van der Waals surface area contributed by atoms with Crippen LogP contribution in [0.15, 0.2) is 18.2 Å². The van der Waals surface area contributed by atoms with E-state index in [2.05, 4.69) is 33.8 Å². The lowest BCUT2D eigenvalue weighted by Crippen LogP contribution is -2.37. The monoisotopic (exact) mass is 236 g/mol. The van der Waals surface area contributed by atoms with Crippen LogP contribution in [0.5, 0.6) is 0 Å². The summed E-state index contributed by atoms with van der Waals surface area (Å²) in [5.74, 6) is 0. The van der Waals surface area contributed by atoms with E-state index in [-0.39, 0.29) is 0 Å². The summed E-state index contributed by atoms with van der Waals surface area (Å²) in [6, 6.07) is 6.19. The molecule has 1 aromatic rings. The molecule has 0 aromatic heterocycles. The Morgan fingerprint density at radius 3 is 1.94 bits per heavy atom. The molecule has 1 unspecified atom stereocenters. The molecule has 0 aliphatic rings. The lowest BCUT2D eigenvalue weighted by atomic mass is 9.85. The first-order valence-electron chi connectivity index (χ1n) is 6.30. The van der Waals surface area contributed by atoms with E-state index in [1.54, 1.807) is 7.11 Å². The van der Waals surface area contributed by atoms with Gasteiger partial charge in [-0.25, -0.2) is 0 Å². The molecule has 1 rings (SSSR count). The highest BCUT2D eigenvalue weighted by Crippen LogP contribution is 2.35. The van der Waals surface area contributed by atoms with Crippen LogP contribution in [0.1, 0.15) is 49.5 Å². The average molecular weight is 236 g/mol. The van der Waals surface area contributed by atoms with Gasteiger partial charge in [0, 0.05) is 7.11 Å². The van der Waals surface area contributed by atoms with Gasteiger partial charge in [0.25, 0.3) is 0 Å². The van der Waals surface area contributed by atoms with E-state index in [1.165, 1.54) is 11.1 Å². The van der Waals surface area contributed by atoms with Crippen molar-refractivity contribution in [1.29, 1.82) is 0 Å². The van der Waals surface area contributed by atoms with Crippen LogP contribution in [0.3, 0.4) is 0 Å². The summed E-state index contributed by atoms with van der Waals surface area (Å²) in [7, 11) is 1.68. The van der Waals surface area contributed by atoms with Crippen molar-refractivity contribution in [3.8, 4) is 0 Å². The second kappa shape index (κ2) is 5.65. The Morgan fingerprint density at radius 1 is 1.12 bits per heavy atom. The molecule has 1 aromatic carbocycles. The SMILES string of the molecule is CCC(CC)(OC)C(O)c1cc(C)cc(C)c1. The van der Waals surface area contributed by atoms with E-state index in [4.69, 9.17) is 4.74 Å². The normalized spacial score (nSPS) is 13.8. The number of hydrogen-bond acceptors (Lipinski definition) is 2. The van der Waals surface area contributed by atoms with Gasteiger partial charge in [-0.15, -0.1) is 0 Å². The van der Waals surface area contributed by atoms with Crippen LogP contribution >= 0.6 is 0 Å². The zero-order chi connectivity index (χ0) is 13.1. The van der Waals surface area contributed by atoms with Crippen molar-refractivity contribution >= 4 is 0 Å². The maximum Gasteiger partial charge on any atom is 0.108 e. The van der Waals surface area contributed by atoms with E-state index in [9.17, 15) is 5.11 Å². The fourth-order valence-corrected chi connectivity index (χ4v) is 2.51. The lowest BCUT2D eigenvalue weighted by molar-refractivity contribution is -0.109. The Labute approximate surface area is 105 Å². The molecule has 0 saturated carbocycles. The molecule has 96 valence electrons. The third-order valence-electron chi connectivity index (χ3n) is 3.66. The molecule has 0 radical (unpaired) electrons. The average Bonchev–Trinajstić information content (AvgIpc) is 2.30. The van der Waals surface area contributed by atoms with Gasteiger partial charge in [0.2, 0.25) is 0 Å². The second-order valence-electron chi connectivity index (χ2n) is 4.80. The number of rotatable bonds is 5. The van der Waals surface area contributed by atoms with Crippen LogP contribution in [-0.2, 0) is 4.74 Å². The van der Waals surface area contributed by atoms with Gasteiger partial charge in [-0.2, -0.15) is 0 Å². The van der Waals surface area contributed by atoms with Crippen LogP contribution in [0.4, 0.5) is 0 Å². The molecule has 1 N–H and O–H groups in total. The van der Waals surface area contributed by atoms with Gasteiger partial charge in [0.1, 0.15) is 6.10 Å². The molecule has 0 saturated heterocycles. The van der Waals surface area contributed by atoms with Gasteiger partial charge in [-0.05, 0) is 32.3 Å². The maximum atomic E-state index is 10.6. The first-order chi connectivity index (χ1) is 7.99. The Hall–Kier alpha value is -0.860. The van der Waals surface area contributed by atoms with Gasteiger partial charge in [-0.1, -0.05) is 43.2 Å². The molecule has 17 heavy (non-hydrogen) atoms. The van der Waals surface area contributed by atoms with Crippen molar-refractivity contribution in [2.24, 2.45) is 0 Å². The number of aliphatic hydroxyl groups is 1. The van der Waals surface area contributed by atoms with E-state index < -0.39 is 11.7 Å². The first-order valence-corrected chi connectivity index (χ1v) is 6.30. The lowest BCUT2D eigenvalue weighted by Gasteiger charge is -2.35. The standard InChI is InChI=1S/C15H24O2/c1-6-15(7-2,17-5)14(16)13-9-11(3)8-12(4)10-13/h8-10,14,16H,6-7H2,1-5H3. The number of benzene rings is 1. The highest BCUT2D eigenvalue weighted by Gasteiger charge is 2.35. The Morgan fingerprint density at radius 2 is 1.59 bits per heavy atom. The molecule has 0 spiro atoms. The Kier molecular flexibility index (Phi) is 4.72. The predicted molar refractivity (Wildman–Crippen MR) is 71.2 cm³/mol. The highest BCUT2D eigenvalue weighted by atomic mass is 16.5. The van der Waals surface area contributed by atoms with Crippen molar-refractivity contribution in [3.63, 3.8) is 0 Å². The number of aliphatic hydroxyl groups excluding tert-OH is 1. The molecule has 0 fully saturated rings. The van der Waals surface area contributed by atoms with Crippen LogP contribution in [-0.4, -0.2) is 17.8 Å². The molecular formula is C15H24O2. The van der Waals surface area contributed by atoms with Crippen LogP contribution in [0.2, 0.25) is 0 Å². The fraction of sp³-hybridized carbons (Fsp3) is 0.600. The van der Waals surface area contributed by atoms with Crippen molar-refractivity contribution < 1.29 is 9.84 Å². The summed E-state index contributed by atoms with van der Waals surface area (Å²) in [6.45, 7) is 8.21. The van der Waals surface area contributed by atoms with Crippen LogP contribution in [0.25, 0.3) is 0 Å². The van der Waals surface area contributed by atoms with E-state index in [0.29, 0.717) is 0 Å². The summed E-state index contributed by atoms with van der Waals surface area (Å²) in [4.78, 5) is 0. The molecule has 0 amide bonds. The molecule has 2 heteroatoms. The smallest absolute Gasteiger partial charge is 0.108 e. The number of ether oxygens (including phenoxy) is 1. The molecule has 0 bridgehead atoms. The van der Waals surface area contributed by atoms with Gasteiger partial charge in [-0.3, -0.25) is 0 Å². The Balaban J connectivity index is 3.13. The minimum Gasteiger partial charge on any atom is -0.385 e. The van der Waals surface area contributed by atoms with E-state index in [1.807, 2.05) is 12.1 Å². The zero-order valence-corrected chi connectivity index (χ0v) is 11.6. The predicted octanol–water partition coefficient (Wildman–Crippen LogP) is 3.54. The third-order valence-corrected chi connectivity index (χ3v) is 3.66. The van der Waals surface area contributed by atoms with Crippen molar-refractivity contribution in [2.45, 2.75) is 52.2 Å². The summed E-state index contributed by atoms with van der Waals surface area (Å²) in [6.07, 6.45) is 1.03. The van der Waals surface area contributed by atoms with Crippen LogP contribution < -0.4 is 0 Å². The van der Waals surface area contributed by atoms with Gasteiger partial charge in [0.15, 0.2) is 0 Å². The topological polar surface area (TPSA) is 29.5 Å². The molecule has 2 nitrogen and oxygen atoms in total. The third kappa shape index (κ3) is 2.88. The highest BCUT2D eigenvalue weighted by molar-refractivity contribution is 5.31. The summed E-state index contributed by atoms with van der Waals surface area (Å²) >= 11 is 0. The summed E-state index contributed by atoms with van der Waals surface area (Å²) in [5.41, 5.74) is 2.83. The second-order valence-corrected chi connectivity index (χ2v) is 4.80. The first kappa shape index (κ1) is 14.2. The van der Waals surface area contributed by atoms with Crippen molar-refractivity contribution in [1.82, 2.24) is 0 Å². The van der Waals surface area contributed by atoms with Gasteiger partial charge in [0.05, 0.1) is 5.60 Å². The molecule has 0 aliphatic carbocycles. The molecular weight excluding hydrogens is 212 g/mol. The number of methoxy groups -OCH3 is 1. The number of hydrogen-bond donors (Lipinski definition) is 1.